The Kier molecular flexibility index (Phi) is 8.69. The predicted octanol–water partition coefficient (Wildman–Crippen LogP) is 5.66. The summed E-state index contributed by atoms with van der Waals surface area (Å²) in [5, 5.41) is 0.746. The van der Waals surface area contributed by atoms with Gasteiger partial charge in [0.1, 0.15) is 5.78 Å². The van der Waals surface area contributed by atoms with Crippen LogP contribution in [0.1, 0.15) is 80.8 Å². The van der Waals surface area contributed by atoms with Gasteiger partial charge in [0.05, 0.1) is 17.5 Å². The molecule has 2 aliphatic heterocycles. The Labute approximate surface area is 286 Å². The summed E-state index contributed by atoms with van der Waals surface area (Å²) in [5.74, 6) is 0.700. The highest BCUT2D eigenvalue weighted by Gasteiger charge is 2.65. The van der Waals surface area contributed by atoms with Gasteiger partial charge in [-0.05, 0) is 107 Å². The first kappa shape index (κ1) is 32.7. The number of ketones is 1. The normalized spacial score (nSPS) is 28.6. The summed E-state index contributed by atoms with van der Waals surface area (Å²) in [6, 6.07) is 8.38. The molecule has 0 N–H and O–H groups in total. The number of aromatic nitrogens is 1. The summed E-state index contributed by atoms with van der Waals surface area (Å²) < 4.78 is 29.7. The molecule has 2 aromatic rings. The van der Waals surface area contributed by atoms with Crippen molar-refractivity contribution >= 4 is 49.2 Å². The molecule has 0 radical (unpaired) electrons. The van der Waals surface area contributed by atoms with Crippen molar-refractivity contribution in [3.63, 3.8) is 0 Å². The number of carbonyl (C=O) groups excluding carboxylic acids is 2. The number of hydrogen-bond donors (Lipinski definition) is 0. The highest BCUT2D eigenvalue weighted by molar-refractivity contribution is 9.10. The van der Waals surface area contributed by atoms with Crippen LogP contribution in [0.15, 0.2) is 34.9 Å². The topological polar surface area (TPSA) is 90.9 Å². The summed E-state index contributed by atoms with van der Waals surface area (Å²) in [6.45, 7) is 7.85. The van der Waals surface area contributed by atoms with Crippen LogP contribution in [0, 0.1) is 22.7 Å². The molecule has 3 heterocycles. The molecule has 1 aromatic heterocycles. The Morgan fingerprint density at radius 2 is 1.74 bits per heavy atom. The van der Waals surface area contributed by atoms with Crippen molar-refractivity contribution in [3.8, 4) is 0 Å². The van der Waals surface area contributed by atoms with Crippen LogP contribution in [-0.4, -0.2) is 84.2 Å². The van der Waals surface area contributed by atoms with Gasteiger partial charge in [-0.1, -0.05) is 31.5 Å². The number of fused-ring (bicyclic) bond motifs is 4. The number of nitrogens with zero attached hydrogens (tertiary/aromatic N) is 4. The van der Waals surface area contributed by atoms with Gasteiger partial charge < -0.3 is 4.90 Å². The first-order chi connectivity index (χ1) is 21.9. The van der Waals surface area contributed by atoms with Gasteiger partial charge in [-0.15, -0.1) is 0 Å². The van der Waals surface area contributed by atoms with Crippen molar-refractivity contribution in [2.45, 2.75) is 71.3 Å². The number of rotatable bonds is 6. The molecule has 46 heavy (non-hydrogen) atoms. The lowest BCUT2D eigenvalue weighted by Gasteiger charge is -2.41. The fraction of sp³-hybridized carbons (Fsp3) is 0.629. The van der Waals surface area contributed by atoms with Gasteiger partial charge in [0.25, 0.3) is 0 Å². The van der Waals surface area contributed by atoms with Gasteiger partial charge in [0, 0.05) is 73.2 Å². The summed E-state index contributed by atoms with van der Waals surface area (Å²) in [6.07, 6.45) is 7.65. The maximum Gasteiger partial charge on any atom is 0.222 e. The summed E-state index contributed by atoms with van der Waals surface area (Å²) in [4.78, 5) is 35.8. The molecule has 3 aliphatic carbocycles. The van der Waals surface area contributed by atoms with Gasteiger partial charge in [-0.2, -0.15) is 0 Å². The van der Waals surface area contributed by atoms with E-state index >= 15 is 0 Å². The van der Waals surface area contributed by atoms with E-state index < -0.39 is 15.4 Å². The SMILES string of the molecule is CC1(C)[C@@H]2CC[C@]1(CS(=O)(=O)N1CCC(CC(=O)N3CCN([C@@H]4c5ccc(Cl)cc5CCc5cc(Br)cnc54)CC3)CC1)C(=O)C2. The smallest absolute Gasteiger partial charge is 0.222 e. The molecule has 1 amide bonds. The van der Waals surface area contributed by atoms with Crippen molar-refractivity contribution in [2.24, 2.45) is 22.7 Å². The van der Waals surface area contributed by atoms with Crippen LogP contribution < -0.4 is 0 Å². The van der Waals surface area contributed by atoms with Crippen LogP contribution >= 0.6 is 27.5 Å². The lowest BCUT2D eigenvalue weighted by atomic mass is 9.70. The minimum absolute atomic E-state index is 0.0150. The minimum atomic E-state index is -3.56. The van der Waals surface area contributed by atoms with E-state index in [0.717, 1.165) is 47.5 Å². The molecule has 3 atom stereocenters. The van der Waals surface area contributed by atoms with Crippen LogP contribution in [0.4, 0.5) is 0 Å². The lowest BCUT2D eigenvalue weighted by Crippen LogP contribution is -2.51. The molecular formula is C35H44BrClN4O4S. The number of amides is 1. The van der Waals surface area contributed by atoms with Crippen LogP contribution in [0.5, 0.6) is 0 Å². The minimum Gasteiger partial charge on any atom is -0.340 e. The summed E-state index contributed by atoms with van der Waals surface area (Å²) in [5.41, 5.74) is 3.81. The van der Waals surface area contributed by atoms with Crippen molar-refractivity contribution in [1.29, 1.82) is 0 Å². The fourth-order valence-corrected chi connectivity index (χ4v) is 12.1. The second kappa shape index (κ2) is 12.2. The van der Waals surface area contributed by atoms with Crippen molar-refractivity contribution < 1.29 is 18.0 Å². The average Bonchev–Trinajstić information content (AvgIpc) is 3.27. The van der Waals surface area contributed by atoms with Gasteiger partial charge in [-0.25, -0.2) is 12.7 Å². The van der Waals surface area contributed by atoms with Crippen molar-refractivity contribution in [2.75, 3.05) is 45.0 Å². The number of halogens is 2. The Hall–Kier alpha value is -1.85. The first-order valence-electron chi connectivity index (χ1n) is 16.8. The Morgan fingerprint density at radius 3 is 2.41 bits per heavy atom. The first-order valence-corrected chi connectivity index (χ1v) is 19.6. The summed E-state index contributed by atoms with van der Waals surface area (Å²) >= 11 is 10.0. The third-order valence-corrected chi connectivity index (χ3v) is 15.0. The molecule has 2 saturated carbocycles. The average molecular weight is 732 g/mol. The third-order valence-electron chi connectivity index (χ3n) is 12.3. The van der Waals surface area contributed by atoms with E-state index in [9.17, 15) is 18.0 Å². The van der Waals surface area contributed by atoms with Gasteiger partial charge >= 0.3 is 0 Å². The molecule has 1 aromatic carbocycles. The van der Waals surface area contributed by atoms with Crippen LogP contribution in [0.3, 0.4) is 0 Å². The third kappa shape index (κ3) is 5.67. The number of hydrogen-bond acceptors (Lipinski definition) is 6. The molecule has 7 rings (SSSR count). The number of aryl methyl sites for hydroxylation is 2. The quantitative estimate of drug-likeness (QED) is 0.381. The number of benzene rings is 1. The highest BCUT2D eigenvalue weighted by Crippen LogP contribution is 2.64. The Morgan fingerprint density at radius 1 is 1.02 bits per heavy atom. The second-order valence-electron chi connectivity index (χ2n) is 14.8. The van der Waals surface area contributed by atoms with E-state index in [1.165, 1.54) is 16.7 Å². The Balaban J connectivity index is 0.957. The van der Waals surface area contributed by atoms with Crippen LogP contribution in [0.25, 0.3) is 0 Å². The zero-order valence-electron chi connectivity index (χ0n) is 26.8. The number of sulfonamides is 1. The molecule has 8 nitrogen and oxygen atoms in total. The molecule has 5 aliphatic rings. The molecule has 2 saturated heterocycles. The number of piperazine rings is 1. The zero-order chi connectivity index (χ0) is 32.4. The Bertz CT molecular complexity index is 1600. The molecule has 0 unspecified atom stereocenters. The molecule has 0 spiro atoms. The summed E-state index contributed by atoms with van der Waals surface area (Å²) in [7, 11) is -3.56. The molecule has 11 heteroatoms. The number of Topliss-reactive ketones (excluding diaryl/α,β-unsaturated/α-hetero) is 1. The molecular weight excluding hydrogens is 688 g/mol. The molecule has 248 valence electrons. The van der Waals surface area contributed by atoms with E-state index in [4.69, 9.17) is 16.6 Å². The van der Waals surface area contributed by atoms with Crippen LogP contribution in [0.2, 0.25) is 5.02 Å². The number of pyridine rings is 1. The van der Waals surface area contributed by atoms with E-state index in [2.05, 4.69) is 52.9 Å². The fourth-order valence-electron chi connectivity index (χ4n) is 9.29. The van der Waals surface area contributed by atoms with Gasteiger partial charge in [0.15, 0.2) is 0 Å². The molecule has 4 fully saturated rings. The number of piperidine rings is 1. The molecule has 2 bridgehead atoms. The van der Waals surface area contributed by atoms with E-state index in [0.29, 0.717) is 64.2 Å². The number of carbonyl (C=O) groups is 2. The largest absolute Gasteiger partial charge is 0.340 e. The maximum atomic E-state index is 13.6. The van der Waals surface area contributed by atoms with Gasteiger partial charge in [-0.3, -0.25) is 19.5 Å². The lowest BCUT2D eigenvalue weighted by molar-refractivity contribution is -0.134. The van der Waals surface area contributed by atoms with Gasteiger partial charge in [0.2, 0.25) is 15.9 Å². The highest BCUT2D eigenvalue weighted by atomic mass is 79.9. The van der Waals surface area contributed by atoms with Crippen molar-refractivity contribution in [3.05, 3.63) is 62.3 Å². The van der Waals surface area contributed by atoms with Crippen LogP contribution in [-0.2, 0) is 32.5 Å². The van der Waals surface area contributed by atoms with E-state index in [1.807, 2.05) is 17.2 Å². The van der Waals surface area contributed by atoms with E-state index in [-0.39, 0.29) is 34.8 Å². The van der Waals surface area contributed by atoms with E-state index in [1.54, 1.807) is 4.31 Å². The zero-order valence-corrected chi connectivity index (χ0v) is 30.0. The predicted molar refractivity (Wildman–Crippen MR) is 182 cm³/mol. The monoisotopic (exact) mass is 730 g/mol. The maximum absolute atomic E-state index is 13.6. The van der Waals surface area contributed by atoms with Crippen molar-refractivity contribution in [1.82, 2.24) is 19.1 Å². The standard InChI is InChI=1S/C35H44BrClN4O4S/c1-34(2)26-7-10-35(34,30(42)20-26)22-46(44,45)41-11-8-23(9-12-41)17-31(43)39-13-15-40(16-14-39)33-29-6-5-28(37)19-24(29)3-4-25-18-27(36)21-38-32(25)33/h5-6,18-19,21,23,26,33H,3-4,7-17,20,22H2,1-2H3/t26-,33-,35+/m1/s1. The second-order valence-corrected chi connectivity index (χ2v) is 18.2.